The summed E-state index contributed by atoms with van der Waals surface area (Å²) in [5.74, 6) is 0. The molecule has 0 bridgehead atoms. The van der Waals surface area contributed by atoms with Gasteiger partial charge in [-0.3, -0.25) is 4.98 Å². The first-order valence-corrected chi connectivity index (χ1v) is 8.09. The monoisotopic (exact) mass is 324 g/mol. The Bertz CT molecular complexity index is 1130. The third-order valence-corrected chi connectivity index (χ3v) is 4.47. The zero-order chi connectivity index (χ0) is 17.4. The minimum Gasteiger partial charge on any atom is -0.254 e. The number of para-hydroxylation sites is 1. The van der Waals surface area contributed by atoms with Crippen LogP contribution in [0.3, 0.4) is 0 Å². The average Bonchev–Trinajstić information content (AvgIpc) is 3.08. The fourth-order valence-electron chi connectivity index (χ4n) is 2.98. The summed E-state index contributed by atoms with van der Waals surface area (Å²) in [5.41, 5.74) is 6.49. The first-order valence-electron chi connectivity index (χ1n) is 8.09. The number of hydrogen-bond donors (Lipinski definition) is 0. The van der Waals surface area contributed by atoms with Crippen LogP contribution in [-0.4, -0.2) is 14.8 Å². The van der Waals surface area contributed by atoms with Crippen LogP contribution in [0.25, 0.3) is 27.8 Å². The Kier molecular flexibility index (Phi) is 3.55. The van der Waals surface area contributed by atoms with Crippen molar-refractivity contribution >= 4 is 10.9 Å². The number of fused-ring (bicyclic) bond motifs is 1. The molecule has 0 saturated heterocycles. The van der Waals surface area contributed by atoms with Gasteiger partial charge in [-0.05, 0) is 43.2 Å². The molecule has 120 valence electrons. The van der Waals surface area contributed by atoms with E-state index in [9.17, 15) is 5.26 Å². The molecule has 25 heavy (non-hydrogen) atoms. The molecule has 0 aliphatic rings. The number of aryl methyl sites for hydroxylation is 2. The Morgan fingerprint density at radius 2 is 1.80 bits per heavy atom. The number of hydrogen-bond acceptors (Lipinski definition) is 3. The second-order valence-corrected chi connectivity index (χ2v) is 6.09. The first-order chi connectivity index (χ1) is 12.2. The van der Waals surface area contributed by atoms with Crippen molar-refractivity contribution in [1.29, 1.82) is 5.26 Å². The van der Waals surface area contributed by atoms with Gasteiger partial charge in [-0.2, -0.15) is 10.4 Å². The third-order valence-electron chi connectivity index (χ3n) is 4.47. The highest BCUT2D eigenvalue weighted by Crippen LogP contribution is 2.28. The molecule has 0 N–H and O–H groups in total. The minimum atomic E-state index is 0.390. The van der Waals surface area contributed by atoms with Gasteiger partial charge in [-0.15, -0.1) is 0 Å². The van der Waals surface area contributed by atoms with Crippen molar-refractivity contribution in [3.8, 4) is 23.0 Å². The molecule has 0 amide bonds. The lowest BCUT2D eigenvalue weighted by Gasteiger charge is -2.11. The van der Waals surface area contributed by atoms with E-state index in [2.05, 4.69) is 48.2 Å². The van der Waals surface area contributed by atoms with E-state index in [-0.39, 0.29) is 0 Å². The van der Waals surface area contributed by atoms with Gasteiger partial charge in [-0.1, -0.05) is 30.3 Å². The van der Waals surface area contributed by atoms with E-state index in [1.165, 1.54) is 11.1 Å². The van der Waals surface area contributed by atoms with Crippen LogP contribution < -0.4 is 0 Å². The molecule has 4 nitrogen and oxygen atoms in total. The molecule has 4 heteroatoms. The van der Waals surface area contributed by atoms with E-state index < -0.39 is 0 Å². The van der Waals surface area contributed by atoms with Crippen molar-refractivity contribution in [3.05, 3.63) is 77.6 Å². The normalized spacial score (nSPS) is 10.8. The zero-order valence-corrected chi connectivity index (χ0v) is 14.1. The van der Waals surface area contributed by atoms with Crippen LogP contribution in [0.15, 0.2) is 60.8 Å². The molecule has 2 aromatic heterocycles. The average molecular weight is 324 g/mol. The number of nitriles is 1. The molecular formula is C21H16N4. The fraction of sp³-hybridized carbons (Fsp3) is 0.0952. The van der Waals surface area contributed by atoms with Gasteiger partial charge in [0.05, 0.1) is 16.9 Å². The van der Waals surface area contributed by atoms with Gasteiger partial charge < -0.3 is 0 Å². The van der Waals surface area contributed by atoms with Gasteiger partial charge in [-0.25, -0.2) is 4.68 Å². The molecule has 0 aliphatic heterocycles. The predicted octanol–water partition coefficient (Wildman–Crippen LogP) is 4.58. The van der Waals surface area contributed by atoms with Gasteiger partial charge in [0.1, 0.15) is 6.07 Å². The van der Waals surface area contributed by atoms with Crippen LogP contribution in [0.2, 0.25) is 0 Å². The Hall–Kier alpha value is -3.45. The number of pyridine rings is 1. The summed E-state index contributed by atoms with van der Waals surface area (Å²) in [7, 11) is 0. The van der Waals surface area contributed by atoms with Crippen LogP contribution >= 0.6 is 0 Å². The summed E-state index contributed by atoms with van der Waals surface area (Å²) in [4.78, 5) is 4.52. The van der Waals surface area contributed by atoms with E-state index in [0.29, 0.717) is 5.69 Å². The Morgan fingerprint density at radius 3 is 2.60 bits per heavy atom. The lowest BCUT2D eigenvalue weighted by atomic mass is 10.0. The highest BCUT2D eigenvalue weighted by atomic mass is 15.3. The molecule has 0 spiro atoms. The van der Waals surface area contributed by atoms with Gasteiger partial charge in [0.2, 0.25) is 0 Å². The van der Waals surface area contributed by atoms with E-state index >= 15 is 0 Å². The van der Waals surface area contributed by atoms with Gasteiger partial charge in [0.25, 0.3) is 0 Å². The molecule has 0 saturated carbocycles. The summed E-state index contributed by atoms with van der Waals surface area (Å²) in [6, 6.07) is 20.2. The summed E-state index contributed by atoms with van der Waals surface area (Å²) in [6.07, 6.45) is 1.77. The van der Waals surface area contributed by atoms with E-state index in [1.54, 1.807) is 6.20 Å². The van der Waals surface area contributed by atoms with Crippen LogP contribution in [-0.2, 0) is 0 Å². The molecule has 0 fully saturated rings. The highest BCUT2D eigenvalue weighted by Gasteiger charge is 2.14. The fourth-order valence-corrected chi connectivity index (χ4v) is 2.98. The number of rotatable bonds is 2. The molecule has 4 aromatic rings. The van der Waals surface area contributed by atoms with Gasteiger partial charge >= 0.3 is 0 Å². The van der Waals surface area contributed by atoms with Crippen molar-refractivity contribution < 1.29 is 0 Å². The maximum Gasteiger partial charge on any atom is 0.163 e. The van der Waals surface area contributed by atoms with Crippen molar-refractivity contribution in [3.63, 3.8) is 0 Å². The molecule has 2 aromatic carbocycles. The zero-order valence-electron chi connectivity index (χ0n) is 14.1. The lowest BCUT2D eigenvalue weighted by Crippen LogP contribution is -2.01. The van der Waals surface area contributed by atoms with E-state index in [1.807, 2.05) is 41.1 Å². The molecule has 0 atom stereocenters. The van der Waals surface area contributed by atoms with Crippen LogP contribution in [0.1, 0.15) is 16.8 Å². The van der Waals surface area contributed by atoms with Crippen LogP contribution in [0, 0.1) is 25.2 Å². The molecule has 0 unspecified atom stereocenters. The summed E-state index contributed by atoms with van der Waals surface area (Å²) in [6.45, 7) is 4.18. The van der Waals surface area contributed by atoms with Crippen LogP contribution in [0.4, 0.5) is 0 Å². The Morgan fingerprint density at radius 1 is 0.960 bits per heavy atom. The third kappa shape index (κ3) is 2.56. The second kappa shape index (κ2) is 5.88. The topological polar surface area (TPSA) is 54.5 Å². The first kappa shape index (κ1) is 15.1. The standard InChI is InChI=1S/C21H16N4/c1-14-8-9-17(11-15(14)2)20-12-18(13-22)24-25(20)19-7-3-5-16-6-4-10-23-21(16)19/h3-12H,1-2H3. The highest BCUT2D eigenvalue weighted by molar-refractivity contribution is 5.87. The van der Waals surface area contributed by atoms with Crippen LogP contribution in [0.5, 0.6) is 0 Å². The Balaban J connectivity index is 2.00. The lowest BCUT2D eigenvalue weighted by molar-refractivity contribution is 0.884. The number of aromatic nitrogens is 3. The van der Waals surface area contributed by atoms with Crippen molar-refractivity contribution in [2.24, 2.45) is 0 Å². The SMILES string of the molecule is Cc1ccc(-c2cc(C#N)nn2-c2cccc3cccnc23)cc1C. The van der Waals surface area contributed by atoms with Crippen molar-refractivity contribution in [2.75, 3.05) is 0 Å². The minimum absolute atomic E-state index is 0.390. The quantitative estimate of drug-likeness (QED) is 0.542. The van der Waals surface area contributed by atoms with E-state index in [0.717, 1.165) is 27.8 Å². The number of nitrogens with zero attached hydrogens (tertiary/aromatic N) is 4. The maximum atomic E-state index is 9.34. The van der Waals surface area contributed by atoms with Crippen molar-refractivity contribution in [1.82, 2.24) is 14.8 Å². The predicted molar refractivity (Wildman–Crippen MR) is 98.5 cm³/mol. The van der Waals surface area contributed by atoms with E-state index in [4.69, 9.17) is 0 Å². The van der Waals surface area contributed by atoms with Gasteiger partial charge in [0, 0.05) is 23.2 Å². The molecular weight excluding hydrogens is 308 g/mol. The van der Waals surface area contributed by atoms with Crippen molar-refractivity contribution in [2.45, 2.75) is 13.8 Å². The smallest absolute Gasteiger partial charge is 0.163 e. The summed E-state index contributed by atoms with van der Waals surface area (Å²) < 4.78 is 1.82. The summed E-state index contributed by atoms with van der Waals surface area (Å²) in [5, 5.41) is 14.9. The molecule has 0 aliphatic carbocycles. The Labute approximate surface area is 146 Å². The summed E-state index contributed by atoms with van der Waals surface area (Å²) >= 11 is 0. The second-order valence-electron chi connectivity index (χ2n) is 6.09. The molecule has 2 heterocycles. The van der Waals surface area contributed by atoms with Gasteiger partial charge in [0.15, 0.2) is 5.69 Å². The largest absolute Gasteiger partial charge is 0.254 e. The molecule has 0 radical (unpaired) electrons. The molecule has 4 rings (SSSR count). The maximum absolute atomic E-state index is 9.34. The number of benzene rings is 2.